The highest BCUT2D eigenvalue weighted by atomic mass is 19.1. The second-order valence-corrected chi connectivity index (χ2v) is 4.53. The summed E-state index contributed by atoms with van der Waals surface area (Å²) in [4.78, 5) is 24.0. The van der Waals surface area contributed by atoms with Gasteiger partial charge in [0.2, 0.25) is 0 Å². The smallest absolute Gasteiger partial charge is 0.326 e. The van der Waals surface area contributed by atoms with E-state index in [2.05, 4.69) is 0 Å². The summed E-state index contributed by atoms with van der Waals surface area (Å²) in [5, 5.41) is 18.4. The number of amides is 1. The highest BCUT2D eigenvalue weighted by molar-refractivity contribution is 5.85. The van der Waals surface area contributed by atoms with Crippen LogP contribution in [-0.4, -0.2) is 52.3 Å². The van der Waals surface area contributed by atoms with Crippen LogP contribution in [0.5, 0.6) is 5.75 Å². The molecule has 2 atom stereocenters. The maximum absolute atomic E-state index is 12.7. The number of hydrogen-bond acceptors (Lipinski definition) is 4. The van der Waals surface area contributed by atoms with Gasteiger partial charge in [-0.15, -0.1) is 0 Å². The molecule has 6 nitrogen and oxygen atoms in total. The Bertz CT molecular complexity index is 504. The zero-order chi connectivity index (χ0) is 14.7. The Morgan fingerprint density at radius 3 is 2.60 bits per heavy atom. The molecule has 1 aromatic rings. The predicted molar refractivity (Wildman–Crippen MR) is 65.7 cm³/mol. The van der Waals surface area contributed by atoms with Crippen LogP contribution < -0.4 is 4.74 Å². The van der Waals surface area contributed by atoms with Crippen molar-refractivity contribution in [2.24, 2.45) is 0 Å². The van der Waals surface area contributed by atoms with Crippen LogP contribution in [0.2, 0.25) is 0 Å². The van der Waals surface area contributed by atoms with Gasteiger partial charge in [-0.2, -0.15) is 0 Å². The number of carbonyl (C=O) groups is 2. The Labute approximate surface area is 114 Å². The summed E-state index contributed by atoms with van der Waals surface area (Å²) >= 11 is 0. The zero-order valence-electron chi connectivity index (χ0n) is 10.5. The average Bonchev–Trinajstić information content (AvgIpc) is 2.80. The minimum Gasteiger partial charge on any atom is -0.484 e. The van der Waals surface area contributed by atoms with Gasteiger partial charge in [-0.3, -0.25) is 4.79 Å². The molecule has 1 aliphatic heterocycles. The highest BCUT2D eigenvalue weighted by Gasteiger charge is 2.38. The predicted octanol–water partition coefficient (Wildman–Crippen LogP) is 0.251. The van der Waals surface area contributed by atoms with E-state index in [0.29, 0.717) is 5.75 Å². The number of carboxylic acid groups (broad SMARTS) is 1. The van der Waals surface area contributed by atoms with E-state index in [4.69, 9.17) is 9.84 Å². The van der Waals surface area contributed by atoms with Gasteiger partial charge in [-0.25, -0.2) is 9.18 Å². The molecule has 0 bridgehead atoms. The number of aliphatic hydroxyl groups is 1. The summed E-state index contributed by atoms with van der Waals surface area (Å²) in [5.74, 6) is -1.79. The van der Waals surface area contributed by atoms with E-state index in [-0.39, 0.29) is 19.6 Å². The van der Waals surface area contributed by atoms with Gasteiger partial charge in [-0.1, -0.05) is 0 Å². The van der Waals surface area contributed by atoms with Crippen LogP contribution in [0, 0.1) is 5.82 Å². The number of rotatable bonds is 4. The van der Waals surface area contributed by atoms with E-state index in [1.807, 2.05) is 0 Å². The minimum absolute atomic E-state index is 0.0115. The maximum Gasteiger partial charge on any atom is 0.326 e. The first-order chi connectivity index (χ1) is 9.47. The third kappa shape index (κ3) is 3.24. The summed E-state index contributed by atoms with van der Waals surface area (Å²) < 4.78 is 17.9. The molecule has 1 aromatic carbocycles. The van der Waals surface area contributed by atoms with Crippen LogP contribution in [0.1, 0.15) is 6.42 Å². The van der Waals surface area contributed by atoms with Gasteiger partial charge in [0.25, 0.3) is 5.91 Å². The first kappa shape index (κ1) is 14.3. The summed E-state index contributed by atoms with van der Waals surface area (Å²) in [6.07, 6.45) is -0.830. The lowest BCUT2D eigenvalue weighted by molar-refractivity contribution is -0.148. The van der Waals surface area contributed by atoms with Gasteiger partial charge in [-0.05, 0) is 24.3 Å². The molecule has 1 aliphatic rings. The molecule has 1 fully saturated rings. The van der Waals surface area contributed by atoms with Crippen molar-refractivity contribution >= 4 is 11.9 Å². The Morgan fingerprint density at radius 1 is 1.35 bits per heavy atom. The topological polar surface area (TPSA) is 87.1 Å². The van der Waals surface area contributed by atoms with Crippen molar-refractivity contribution in [3.05, 3.63) is 30.1 Å². The van der Waals surface area contributed by atoms with Gasteiger partial charge < -0.3 is 19.8 Å². The van der Waals surface area contributed by atoms with E-state index in [1.54, 1.807) is 0 Å². The lowest BCUT2D eigenvalue weighted by Crippen LogP contribution is -2.42. The van der Waals surface area contributed by atoms with Crippen molar-refractivity contribution in [3.8, 4) is 5.75 Å². The third-order valence-electron chi connectivity index (χ3n) is 3.06. The molecule has 0 aliphatic carbocycles. The van der Waals surface area contributed by atoms with Crippen molar-refractivity contribution in [2.75, 3.05) is 13.2 Å². The molecule has 20 heavy (non-hydrogen) atoms. The molecule has 1 saturated heterocycles. The number of carbonyl (C=O) groups excluding carboxylic acids is 1. The van der Waals surface area contributed by atoms with Crippen molar-refractivity contribution in [1.82, 2.24) is 4.90 Å². The van der Waals surface area contributed by atoms with E-state index in [0.717, 1.165) is 4.90 Å². The normalized spacial score (nSPS) is 21.8. The lowest BCUT2D eigenvalue weighted by Gasteiger charge is -2.21. The largest absolute Gasteiger partial charge is 0.484 e. The molecule has 0 spiro atoms. The Morgan fingerprint density at radius 2 is 2.00 bits per heavy atom. The van der Waals surface area contributed by atoms with Crippen molar-refractivity contribution in [1.29, 1.82) is 0 Å². The molecule has 0 aromatic heterocycles. The van der Waals surface area contributed by atoms with E-state index in [1.165, 1.54) is 24.3 Å². The molecular formula is C13H14FNO5. The lowest BCUT2D eigenvalue weighted by atomic mass is 10.2. The van der Waals surface area contributed by atoms with Crippen LogP contribution in [0.15, 0.2) is 24.3 Å². The molecule has 0 radical (unpaired) electrons. The molecule has 2 N–H and O–H groups in total. The Balaban J connectivity index is 1.94. The summed E-state index contributed by atoms with van der Waals surface area (Å²) in [7, 11) is 0. The van der Waals surface area contributed by atoms with Crippen molar-refractivity contribution < 1.29 is 28.9 Å². The fourth-order valence-electron chi connectivity index (χ4n) is 2.08. The number of hydrogen-bond donors (Lipinski definition) is 2. The second-order valence-electron chi connectivity index (χ2n) is 4.53. The van der Waals surface area contributed by atoms with Crippen molar-refractivity contribution in [2.45, 2.75) is 18.6 Å². The standard InChI is InChI=1S/C13H14FNO5/c14-8-1-3-10(4-2-8)20-7-12(17)15-6-9(16)5-11(15)13(18)19/h1-4,9,11,16H,5-7H2,(H,18,19)/t9-,11-/m0/s1. The average molecular weight is 283 g/mol. The number of β-amino-alcohol motifs (C(OH)–C–C–N with tert-alkyl or cyclic N) is 1. The number of halogens is 1. The number of likely N-dealkylation sites (tertiary alicyclic amines) is 1. The van der Waals surface area contributed by atoms with Crippen LogP contribution in [-0.2, 0) is 9.59 Å². The first-order valence-corrected chi connectivity index (χ1v) is 6.06. The summed E-state index contributed by atoms with van der Waals surface area (Å²) in [5.41, 5.74) is 0. The first-order valence-electron chi connectivity index (χ1n) is 6.06. The fraction of sp³-hybridized carbons (Fsp3) is 0.385. The van der Waals surface area contributed by atoms with Crippen LogP contribution in [0.25, 0.3) is 0 Å². The van der Waals surface area contributed by atoms with Gasteiger partial charge >= 0.3 is 5.97 Å². The molecule has 1 heterocycles. The van der Waals surface area contributed by atoms with Crippen molar-refractivity contribution in [3.63, 3.8) is 0 Å². The van der Waals surface area contributed by atoms with Gasteiger partial charge in [0.15, 0.2) is 6.61 Å². The van der Waals surface area contributed by atoms with Gasteiger partial charge in [0, 0.05) is 13.0 Å². The minimum atomic E-state index is -1.16. The van der Waals surface area contributed by atoms with Crippen LogP contribution in [0.3, 0.4) is 0 Å². The highest BCUT2D eigenvalue weighted by Crippen LogP contribution is 2.19. The Hall–Kier alpha value is -2.15. The summed E-state index contributed by atoms with van der Waals surface area (Å²) in [6, 6.07) is 4.10. The summed E-state index contributed by atoms with van der Waals surface area (Å²) in [6.45, 7) is -0.384. The SMILES string of the molecule is O=C(O)[C@@H]1C[C@H](O)CN1C(=O)COc1ccc(F)cc1. The second kappa shape index (κ2) is 5.87. The van der Waals surface area contributed by atoms with Crippen LogP contribution in [0.4, 0.5) is 4.39 Å². The molecule has 108 valence electrons. The molecule has 2 rings (SSSR count). The van der Waals surface area contributed by atoms with Gasteiger partial charge in [0.1, 0.15) is 17.6 Å². The van der Waals surface area contributed by atoms with Gasteiger partial charge in [0.05, 0.1) is 6.10 Å². The molecule has 1 amide bonds. The molecule has 0 unspecified atom stereocenters. The maximum atomic E-state index is 12.7. The number of nitrogens with zero attached hydrogens (tertiary/aromatic N) is 1. The quantitative estimate of drug-likeness (QED) is 0.827. The zero-order valence-corrected chi connectivity index (χ0v) is 10.5. The number of benzene rings is 1. The Kier molecular flexibility index (Phi) is 4.19. The monoisotopic (exact) mass is 283 g/mol. The van der Waals surface area contributed by atoms with Crippen LogP contribution >= 0.6 is 0 Å². The fourth-order valence-corrected chi connectivity index (χ4v) is 2.08. The van der Waals surface area contributed by atoms with E-state index in [9.17, 15) is 19.1 Å². The number of ether oxygens (including phenoxy) is 1. The third-order valence-corrected chi connectivity index (χ3v) is 3.06. The molecule has 0 saturated carbocycles. The number of carboxylic acids is 1. The molecular weight excluding hydrogens is 269 g/mol. The molecule has 7 heteroatoms. The number of aliphatic carboxylic acids is 1. The van der Waals surface area contributed by atoms with E-state index >= 15 is 0 Å². The number of aliphatic hydroxyl groups excluding tert-OH is 1. The van der Waals surface area contributed by atoms with E-state index < -0.39 is 29.8 Å².